The molecule has 0 unspecified atom stereocenters. The first kappa shape index (κ1) is 51.7. The van der Waals surface area contributed by atoms with Crippen LogP contribution in [0.25, 0.3) is 99.5 Å². The average molecular weight is 1130 g/mol. The molecule has 0 spiro atoms. The van der Waals surface area contributed by atoms with Crippen LogP contribution in [0.5, 0.6) is 0 Å². The average Bonchev–Trinajstić information content (AvgIpc) is 2.74. The number of hydrogen-bond donors (Lipinski definition) is 1. The topological polar surface area (TPSA) is 35.9 Å². The summed E-state index contributed by atoms with van der Waals surface area (Å²) in [4.78, 5) is 0. The van der Waals surface area contributed by atoms with Crippen LogP contribution < -0.4 is 5.73 Å². The van der Waals surface area contributed by atoms with Gasteiger partial charge in [0.1, 0.15) is 0 Å². The molecule has 0 atom stereocenters. The molecule has 3 nitrogen and oxygen atoms in total. The molecule has 0 saturated heterocycles. The van der Waals surface area contributed by atoms with Crippen molar-refractivity contribution < 1.29 is 0 Å². The monoisotopic (exact) mass is 1130 g/mol. The van der Waals surface area contributed by atoms with Crippen molar-refractivity contribution >= 4 is 65.2 Å². The van der Waals surface area contributed by atoms with Gasteiger partial charge in [0.15, 0.2) is 0 Å². The Balaban J connectivity index is 0.000000124. The lowest BCUT2D eigenvalue weighted by Gasteiger charge is -2.22. The summed E-state index contributed by atoms with van der Waals surface area (Å²) in [5, 5.41) is 5.14. The Bertz CT molecular complexity index is 4750. The summed E-state index contributed by atoms with van der Waals surface area (Å²) in [5.74, 6) is 0. The van der Waals surface area contributed by atoms with Crippen LogP contribution in [0.1, 0.15) is 61.1 Å². The smallest absolute Gasteiger partial charge is 0.0547 e. The molecular formula is C79H62BrN3. The summed E-state index contributed by atoms with van der Waals surface area (Å²) in [6.07, 6.45) is 0.932. The third kappa shape index (κ3) is 9.15. The molecule has 0 amide bonds. The van der Waals surface area contributed by atoms with Crippen molar-refractivity contribution in [3.63, 3.8) is 0 Å². The molecule has 2 aliphatic rings. The van der Waals surface area contributed by atoms with Gasteiger partial charge in [-0.1, -0.05) is 250 Å². The van der Waals surface area contributed by atoms with Gasteiger partial charge in [0.2, 0.25) is 0 Å². The molecule has 2 heterocycles. The van der Waals surface area contributed by atoms with E-state index in [4.69, 9.17) is 5.73 Å². The van der Waals surface area contributed by atoms with E-state index < -0.39 is 0 Å². The summed E-state index contributed by atoms with van der Waals surface area (Å²) in [6.45, 7) is 9.22. The first-order valence-corrected chi connectivity index (χ1v) is 29.5. The van der Waals surface area contributed by atoms with E-state index in [9.17, 15) is 0 Å². The van der Waals surface area contributed by atoms with Crippen LogP contribution in [-0.4, -0.2) is 9.13 Å². The van der Waals surface area contributed by atoms with E-state index in [1.165, 1.54) is 133 Å². The van der Waals surface area contributed by atoms with Gasteiger partial charge in [-0.05, 0) is 157 Å². The van der Waals surface area contributed by atoms with Gasteiger partial charge < -0.3 is 14.9 Å². The minimum Gasteiger partial charge on any atom is -0.399 e. The predicted molar refractivity (Wildman–Crippen MR) is 355 cm³/mol. The molecule has 4 heteroatoms. The van der Waals surface area contributed by atoms with Crippen molar-refractivity contribution in [2.75, 3.05) is 5.73 Å². The number of halogens is 1. The normalized spacial score (nSPS) is 13.2. The number of anilines is 1. The van der Waals surface area contributed by atoms with Crippen LogP contribution in [0.15, 0.2) is 284 Å². The molecule has 2 aromatic heterocycles. The molecule has 0 saturated carbocycles. The summed E-state index contributed by atoms with van der Waals surface area (Å²) in [7, 11) is 0. The molecule has 2 N–H and O–H groups in total. The third-order valence-corrected chi connectivity index (χ3v) is 18.0. The highest BCUT2D eigenvalue weighted by molar-refractivity contribution is 9.10. The van der Waals surface area contributed by atoms with E-state index in [1.807, 2.05) is 6.07 Å². The van der Waals surface area contributed by atoms with Crippen molar-refractivity contribution in [1.29, 1.82) is 0 Å². The molecule has 0 radical (unpaired) electrons. The van der Waals surface area contributed by atoms with Crippen LogP contribution in [-0.2, 0) is 17.3 Å². The van der Waals surface area contributed by atoms with Gasteiger partial charge in [-0.15, -0.1) is 0 Å². The van der Waals surface area contributed by atoms with Gasteiger partial charge in [0.05, 0.1) is 22.1 Å². The van der Waals surface area contributed by atoms with Gasteiger partial charge in [0.25, 0.3) is 0 Å². The number of aromatic nitrogens is 2. The maximum Gasteiger partial charge on any atom is 0.0547 e. The van der Waals surface area contributed by atoms with E-state index in [-0.39, 0.29) is 10.8 Å². The SMILES string of the molecule is Brc1ccc(-c2ccc3c4ccccc4n(-c4ccccc4)c3c2)cc1.CC1(C)c2ccccc2-c2ccc(Cc3ccc(-c4ccc5c6ccccc6n(-c6ccccc6)c5c4)cc3)cc21.CC1(C)c2ccccc2-c2ccc(N)cc21. The van der Waals surface area contributed by atoms with Gasteiger partial charge >= 0.3 is 0 Å². The van der Waals surface area contributed by atoms with E-state index in [2.05, 4.69) is 326 Å². The lowest BCUT2D eigenvalue weighted by molar-refractivity contribution is 0.659. The van der Waals surface area contributed by atoms with Gasteiger partial charge in [-0.25, -0.2) is 0 Å². The van der Waals surface area contributed by atoms with Crippen LogP contribution in [0.4, 0.5) is 5.69 Å². The number of fused-ring (bicyclic) bond motifs is 12. The quantitative estimate of drug-likeness (QED) is 0.166. The fraction of sp³-hybridized carbons (Fsp3) is 0.0886. The highest BCUT2D eigenvalue weighted by Gasteiger charge is 2.36. The first-order chi connectivity index (χ1) is 40.5. The second-order valence-electron chi connectivity index (χ2n) is 23.2. The summed E-state index contributed by atoms with van der Waals surface area (Å²) >= 11 is 3.52. The molecule has 0 aliphatic heterocycles. The number of nitrogens with two attached hydrogens (primary N) is 1. The molecule has 0 bridgehead atoms. The summed E-state index contributed by atoms with van der Waals surface area (Å²) < 4.78 is 5.84. The minimum absolute atomic E-state index is 0.0344. The first-order valence-electron chi connectivity index (χ1n) is 28.8. The van der Waals surface area contributed by atoms with Gasteiger partial charge in [-0.2, -0.15) is 0 Å². The zero-order valence-corrected chi connectivity index (χ0v) is 48.7. The lowest BCUT2D eigenvalue weighted by Crippen LogP contribution is -2.15. The zero-order valence-electron chi connectivity index (χ0n) is 47.1. The Kier molecular flexibility index (Phi) is 12.9. The van der Waals surface area contributed by atoms with E-state index in [0.717, 1.165) is 16.6 Å². The number of nitrogens with zero attached hydrogens (tertiary/aromatic N) is 2. The minimum atomic E-state index is 0.0344. The number of benzene rings is 12. The van der Waals surface area contributed by atoms with Crippen molar-refractivity contribution in [1.82, 2.24) is 9.13 Å². The number of rotatable bonds is 6. The Hall–Kier alpha value is -9.48. The lowest BCUT2D eigenvalue weighted by atomic mass is 9.81. The number of nitrogen functional groups attached to an aromatic ring is 1. The molecule has 16 rings (SSSR count). The molecule has 83 heavy (non-hydrogen) atoms. The van der Waals surface area contributed by atoms with Crippen molar-refractivity contribution in [2.45, 2.75) is 44.9 Å². The van der Waals surface area contributed by atoms with Crippen molar-refractivity contribution in [3.05, 3.63) is 317 Å². The fourth-order valence-electron chi connectivity index (χ4n) is 13.3. The van der Waals surface area contributed by atoms with E-state index in [1.54, 1.807) is 0 Å². The highest BCUT2D eigenvalue weighted by atomic mass is 79.9. The Morgan fingerprint density at radius 1 is 0.313 bits per heavy atom. The number of hydrogen-bond acceptors (Lipinski definition) is 1. The second-order valence-corrected chi connectivity index (χ2v) is 24.2. The van der Waals surface area contributed by atoms with Crippen LogP contribution in [0.3, 0.4) is 0 Å². The molecule has 2 aliphatic carbocycles. The van der Waals surface area contributed by atoms with Crippen molar-refractivity contribution in [2.24, 2.45) is 0 Å². The van der Waals surface area contributed by atoms with E-state index in [0.29, 0.717) is 0 Å². The largest absolute Gasteiger partial charge is 0.399 e. The maximum absolute atomic E-state index is 5.89. The second kappa shape index (κ2) is 20.8. The Labute approximate surface area is 494 Å². The van der Waals surface area contributed by atoms with Crippen LogP contribution in [0, 0.1) is 0 Å². The molecular weight excluding hydrogens is 1070 g/mol. The molecule has 0 fully saturated rings. The van der Waals surface area contributed by atoms with Crippen LogP contribution in [0.2, 0.25) is 0 Å². The number of para-hydroxylation sites is 4. The molecule has 14 aromatic rings. The van der Waals surface area contributed by atoms with Crippen LogP contribution >= 0.6 is 15.9 Å². The summed E-state index contributed by atoms with van der Waals surface area (Å²) in [6, 6.07) is 101. The fourth-order valence-corrected chi connectivity index (χ4v) is 13.6. The van der Waals surface area contributed by atoms with Gasteiger partial charge in [-0.3, -0.25) is 0 Å². The highest BCUT2D eigenvalue weighted by Crippen LogP contribution is 2.50. The maximum atomic E-state index is 5.89. The van der Waals surface area contributed by atoms with Gasteiger partial charge in [0, 0.05) is 53.9 Å². The third-order valence-electron chi connectivity index (χ3n) is 17.5. The van der Waals surface area contributed by atoms with Crippen molar-refractivity contribution in [3.8, 4) is 55.9 Å². The standard InChI is InChI=1S/C40H31N.C24H16BrN.C15H15N/c1-40(2)36-14-8-6-12-32(36)33-22-18-28(25-37(33)40)24-27-16-19-29(20-17-27)30-21-23-35-34-13-7-9-15-38(34)41(39(35)26-30)31-10-4-3-5-11-31;25-19-13-10-17(11-14-19)18-12-15-22-21-8-4-5-9-23(21)26(24(22)16-18)20-6-2-1-3-7-20;1-15(2)13-6-4-3-5-11(13)12-8-7-10(16)9-14(12)15/h3-23,25-26H,24H2,1-2H3;1-16H;3-9H,16H2,1-2H3. The predicted octanol–water partition coefficient (Wildman–Crippen LogP) is 21.1. The summed E-state index contributed by atoms with van der Waals surface area (Å²) in [5.41, 5.74) is 32.8. The zero-order chi connectivity index (χ0) is 56.4. The Morgan fingerprint density at radius 3 is 1.22 bits per heavy atom. The molecule has 12 aromatic carbocycles. The van der Waals surface area contributed by atoms with E-state index >= 15 is 0 Å². The molecule has 400 valence electrons. The Morgan fingerprint density at radius 2 is 0.699 bits per heavy atom.